The first-order valence-corrected chi connectivity index (χ1v) is 6.39. The molecule has 1 aliphatic carbocycles. The van der Waals surface area contributed by atoms with Crippen LogP contribution in [0.5, 0.6) is 0 Å². The number of hydrogen-bond donors (Lipinski definition) is 3. The van der Waals surface area contributed by atoms with Crippen molar-refractivity contribution < 1.29 is 9.90 Å². The van der Waals surface area contributed by atoms with Gasteiger partial charge in [0.25, 0.3) is 0 Å². The maximum absolute atomic E-state index is 12.2. The number of fused-ring (bicyclic) bond motifs is 1. The molecule has 92 valence electrons. The zero-order valence-corrected chi connectivity index (χ0v) is 9.80. The number of aliphatic hydroxyl groups is 1. The second-order valence-electron chi connectivity index (χ2n) is 5.06. The van der Waals surface area contributed by atoms with Crippen LogP contribution in [0.4, 0.5) is 0 Å². The second-order valence-corrected chi connectivity index (χ2v) is 5.06. The molecule has 1 saturated heterocycles. The van der Waals surface area contributed by atoms with Gasteiger partial charge in [-0.1, -0.05) is 12.8 Å². The molecule has 0 radical (unpaired) electrons. The fourth-order valence-electron chi connectivity index (χ4n) is 3.15. The summed E-state index contributed by atoms with van der Waals surface area (Å²) in [5, 5.41) is 15.1. The highest BCUT2D eigenvalue weighted by molar-refractivity contribution is 5.83. The van der Waals surface area contributed by atoms with E-state index in [1.807, 2.05) is 0 Å². The van der Waals surface area contributed by atoms with Crippen molar-refractivity contribution in [3.05, 3.63) is 0 Å². The van der Waals surface area contributed by atoms with Gasteiger partial charge in [0, 0.05) is 19.7 Å². The SMILES string of the molecule is O=C(NCCCO)[C@@]12CCCC[C@H]1CNC2. The smallest absolute Gasteiger partial charge is 0.227 e. The van der Waals surface area contributed by atoms with Crippen molar-refractivity contribution >= 4 is 5.91 Å². The summed E-state index contributed by atoms with van der Waals surface area (Å²) in [6.45, 7) is 2.58. The van der Waals surface area contributed by atoms with Crippen LogP contribution in [0, 0.1) is 11.3 Å². The van der Waals surface area contributed by atoms with Crippen molar-refractivity contribution in [3.8, 4) is 0 Å². The molecule has 0 aromatic heterocycles. The van der Waals surface area contributed by atoms with Crippen LogP contribution in [-0.4, -0.2) is 37.3 Å². The molecule has 2 atom stereocenters. The molecule has 0 spiro atoms. The normalized spacial score (nSPS) is 33.4. The summed E-state index contributed by atoms with van der Waals surface area (Å²) in [4.78, 5) is 12.2. The minimum absolute atomic E-state index is 0.145. The van der Waals surface area contributed by atoms with Crippen LogP contribution < -0.4 is 10.6 Å². The molecule has 1 amide bonds. The predicted octanol–water partition coefficient (Wildman–Crippen LogP) is 0.265. The average Bonchev–Trinajstić information content (AvgIpc) is 2.74. The highest BCUT2D eigenvalue weighted by atomic mass is 16.3. The number of hydrogen-bond acceptors (Lipinski definition) is 3. The summed E-state index contributed by atoms with van der Waals surface area (Å²) in [7, 11) is 0. The van der Waals surface area contributed by atoms with Crippen molar-refractivity contribution in [2.45, 2.75) is 32.1 Å². The molecule has 0 bridgehead atoms. The monoisotopic (exact) mass is 226 g/mol. The summed E-state index contributed by atoms with van der Waals surface area (Å²) in [6, 6.07) is 0. The van der Waals surface area contributed by atoms with Crippen molar-refractivity contribution in [2.24, 2.45) is 11.3 Å². The van der Waals surface area contributed by atoms with Crippen molar-refractivity contribution in [2.75, 3.05) is 26.2 Å². The van der Waals surface area contributed by atoms with E-state index in [9.17, 15) is 4.79 Å². The molecule has 4 nitrogen and oxygen atoms in total. The molecular weight excluding hydrogens is 204 g/mol. The van der Waals surface area contributed by atoms with E-state index in [0.29, 0.717) is 18.9 Å². The molecule has 0 aromatic rings. The number of nitrogens with one attached hydrogen (secondary N) is 2. The van der Waals surface area contributed by atoms with Crippen LogP contribution >= 0.6 is 0 Å². The minimum Gasteiger partial charge on any atom is -0.396 e. The van der Waals surface area contributed by atoms with Crippen LogP contribution in [-0.2, 0) is 4.79 Å². The molecule has 2 fully saturated rings. The van der Waals surface area contributed by atoms with Crippen LogP contribution in [0.15, 0.2) is 0 Å². The number of amides is 1. The molecule has 16 heavy (non-hydrogen) atoms. The van der Waals surface area contributed by atoms with Crippen LogP contribution in [0.2, 0.25) is 0 Å². The third-order valence-corrected chi connectivity index (χ3v) is 4.11. The van der Waals surface area contributed by atoms with Gasteiger partial charge in [-0.2, -0.15) is 0 Å². The van der Waals surface area contributed by atoms with Gasteiger partial charge in [-0.15, -0.1) is 0 Å². The van der Waals surface area contributed by atoms with E-state index in [-0.39, 0.29) is 17.9 Å². The molecule has 3 N–H and O–H groups in total. The number of carbonyl (C=O) groups excluding carboxylic acids is 1. The van der Waals surface area contributed by atoms with Crippen molar-refractivity contribution in [1.29, 1.82) is 0 Å². The van der Waals surface area contributed by atoms with Crippen molar-refractivity contribution in [3.63, 3.8) is 0 Å². The van der Waals surface area contributed by atoms with E-state index in [2.05, 4.69) is 10.6 Å². The first-order chi connectivity index (χ1) is 7.79. The Hall–Kier alpha value is -0.610. The summed E-state index contributed by atoms with van der Waals surface area (Å²) in [5.74, 6) is 0.728. The maximum Gasteiger partial charge on any atom is 0.227 e. The Morgan fingerprint density at radius 3 is 3.19 bits per heavy atom. The summed E-state index contributed by atoms with van der Waals surface area (Å²) >= 11 is 0. The highest BCUT2D eigenvalue weighted by Crippen LogP contribution is 2.43. The molecule has 0 aromatic carbocycles. The predicted molar refractivity (Wildman–Crippen MR) is 62.0 cm³/mol. The van der Waals surface area contributed by atoms with E-state index < -0.39 is 0 Å². The Morgan fingerprint density at radius 2 is 2.38 bits per heavy atom. The third kappa shape index (κ3) is 2.09. The van der Waals surface area contributed by atoms with E-state index in [4.69, 9.17) is 5.11 Å². The molecule has 0 unspecified atom stereocenters. The van der Waals surface area contributed by atoms with Crippen LogP contribution in [0.25, 0.3) is 0 Å². The first-order valence-electron chi connectivity index (χ1n) is 6.39. The molecule has 2 rings (SSSR count). The number of carbonyl (C=O) groups is 1. The Morgan fingerprint density at radius 1 is 1.50 bits per heavy atom. The lowest BCUT2D eigenvalue weighted by atomic mass is 9.67. The topological polar surface area (TPSA) is 61.4 Å². The quantitative estimate of drug-likeness (QED) is 0.603. The summed E-state index contributed by atoms with van der Waals surface area (Å²) < 4.78 is 0. The standard InChI is InChI=1S/C12H22N2O2/c15-7-3-6-14-11(16)12-5-2-1-4-10(12)8-13-9-12/h10,13,15H,1-9H2,(H,14,16)/t10-,12+/m0/s1. The van der Waals surface area contributed by atoms with Gasteiger partial charge in [-0.25, -0.2) is 0 Å². The zero-order valence-electron chi connectivity index (χ0n) is 9.80. The van der Waals surface area contributed by atoms with Gasteiger partial charge in [0.2, 0.25) is 5.91 Å². The number of rotatable bonds is 4. The van der Waals surface area contributed by atoms with Gasteiger partial charge in [0.15, 0.2) is 0 Å². The molecule has 1 saturated carbocycles. The van der Waals surface area contributed by atoms with Gasteiger partial charge in [0.1, 0.15) is 0 Å². The molecule has 1 heterocycles. The molecule has 2 aliphatic rings. The maximum atomic E-state index is 12.2. The second kappa shape index (κ2) is 5.15. The fourth-order valence-corrected chi connectivity index (χ4v) is 3.15. The van der Waals surface area contributed by atoms with Crippen LogP contribution in [0.1, 0.15) is 32.1 Å². The summed E-state index contributed by atoms with van der Waals surface area (Å²) in [5.41, 5.74) is -0.145. The van der Waals surface area contributed by atoms with E-state index >= 15 is 0 Å². The van der Waals surface area contributed by atoms with E-state index in [1.54, 1.807) is 0 Å². The van der Waals surface area contributed by atoms with Gasteiger partial charge in [-0.05, 0) is 31.7 Å². The zero-order chi connectivity index (χ0) is 11.4. The Balaban J connectivity index is 1.96. The molecular formula is C12H22N2O2. The fraction of sp³-hybridized carbons (Fsp3) is 0.917. The Labute approximate surface area is 96.8 Å². The van der Waals surface area contributed by atoms with Gasteiger partial charge >= 0.3 is 0 Å². The largest absolute Gasteiger partial charge is 0.396 e. The molecule has 4 heteroatoms. The van der Waals surface area contributed by atoms with E-state index in [0.717, 1.165) is 19.5 Å². The lowest BCUT2D eigenvalue weighted by molar-refractivity contribution is -0.134. The van der Waals surface area contributed by atoms with Crippen LogP contribution in [0.3, 0.4) is 0 Å². The van der Waals surface area contributed by atoms with Crippen molar-refractivity contribution in [1.82, 2.24) is 10.6 Å². The minimum atomic E-state index is -0.145. The van der Waals surface area contributed by atoms with Gasteiger partial charge in [0.05, 0.1) is 5.41 Å². The Bertz CT molecular complexity index is 257. The highest BCUT2D eigenvalue weighted by Gasteiger charge is 2.49. The summed E-state index contributed by atoms with van der Waals surface area (Å²) in [6.07, 6.45) is 5.29. The molecule has 1 aliphatic heterocycles. The van der Waals surface area contributed by atoms with Gasteiger partial charge in [-0.3, -0.25) is 4.79 Å². The van der Waals surface area contributed by atoms with E-state index in [1.165, 1.54) is 19.3 Å². The third-order valence-electron chi connectivity index (χ3n) is 4.11. The lowest BCUT2D eigenvalue weighted by Crippen LogP contribution is -2.48. The van der Waals surface area contributed by atoms with Gasteiger partial charge < -0.3 is 15.7 Å². The lowest BCUT2D eigenvalue weighted by Gasteiger charge is -2.37. The number of aliphatic hydroxyl groups excluding tert-OH is 1. The first kappa shape index (κ1) is 11.9. The average molecular weight is 226 g/mol. The Kier molecular flexibility index (Phi) is 3.82.